The third-order valence-corrected chi connectivity index (χ3v) is 3.36. The van der Waals surface area contributed by atoms with Crippen LogP contribution >= 0.6 is 11.6 Å². The van der Waals surface area contributed by atoms with Crippen molar-refractivity contribution in [3.8, 4) is 5.75 Å². The number of amides is 1. The summed E-state index contributed by atoms with van der Waals surface area (Å²) < 4.78 is 0. The molecule has 0 fully saturated rings. The number of carbonyl (C=O) groups is 1. The number of hydrogen-bond acceptors (Lipinski definition) is 4. The maximum absolute atomic E-state index is 12.2. The smallest absolute Gasteiger partial charge is 0.271 e. The van der Waals surface area contributed by atoms with Gasteiger partial charge in [-0.2, -0.15) is 0 Å². The van der Waals surface area contributed by atoms with Crippen LogP contribution in [0.5, 0.6) is 5.75 Å². The summed E-state index contributed by atoms with van der Waals surface area (Å²) in [5.41, 5.74) is 0.648. The molecule has 2 aromatic rings. The molecule has 108 valence electrons. The molecule has 21 heavy (non-hydrogen) atoms. The van der Waals surface area contributed by atoms with Crippen LogP contribution in [0.3, 0.4) is 0 Å². The number of carbonyl (C=O) groups excluding carboxylic acids is 1. The number of rotatable bonds is 3. The van der Waals surface area contributed by atoms with Crippen molar-refractivity contribution in [3.63, 3.8) is 0 Å². The van der Waals surface area contributed by atoms with Crippen LogP contribution in [0.25, 0.3) is 0 Å². The number of nitrogens with zero attached hydrogens (tertiary/aromatic N) is 1. The maximum Gasteiger partial charge on any atom is 0.271 e. The summed E-state index contributed by atoms with van der Waals surface area (Å²) in [5, 5.41) is 23.3. The second-order valence-electron chi connectivity index (χ2n) is 4.33. The highest BCUT2D eigenvalue weighted by molar-refractivity contribution is 6.32. The summed E-state index contributed by atoms with van der Waals surface area (Å²) in [6.45, 7) is 1.69. The summed E-state index contributed by atoms with van der Waals surface area (Å²) in [7, 11) is 0. The maximum atomic E-state index is 12.2. The van der Waals surface area contributed by atoms with Gasteiger partial charge in [0.15, 0.2) is 0 Å². The van der Waals surface area contributed by atoms with E-state index in [0.717, 1.165) is 18.2 Å². The minimum Gasteiger partial charge on any atom is -0.506 e. The molecule has 2 aromatic carbocycles. The fourth-order valence-electron chi connectivity index (χ4n) is 1.78. The molecule has 2 N–H and O–H groups in total. The van der Waals surface area contributed by atoms with Gasteiger partial charge in [-0.25, -0.2) is 0 Å². The minimum atomic E-state index is -0.611. The lowest BCUT2D eigenvalue weighted by Gasteiger charge is -2.09. The fraction of sp³-hybridized carbons (Fsp3) is 0.0714. The zero-order valence-corrected chi connectivity index (χ0v) is 11.7. The molecule has 0 spiro atoms. The van der Waals surface area contributed by atoms with Crippen molar-refractivity contribution in [3.05, 3.63) is 62.7 Å². The number of anilines is 1. The molecule has 0 heterocycles. The molecule has 2 rings (SSSR count). The van der Waals surface area contributed by atoms with Crippen LogP contribution in [0.15, 0.2) is 36.4 Å². The van der Waals surface area contributed by atoms with Gasteiger partial charge in [0.25, 0.3) is 11.6 Å². The lowest BCUT2D eigenvalue weighted by molar-refractivity contribution is -0.384. The number of nitrogens with one attached hydrogen (secondary N) is 1. The van der Waals surface area contributed by atoms with Crippen molar-refractivity contribution >= 4 is 28.9 Å². The third kappa shape index (κ3) is 3.11. The molecule has 6 nitrogen and oxygen atoms in total. The first-order valence-corrected chi connectivity index (χ1v) is 6.32. The number of nitro benzene ring substituents is 1. The van der Waals surface area contributed by atoms with Crippen molar-refractivity contribution in [2.45, 2.75) is 6.92 Å². The van der Waals surface area contributed by atoms with Crippen LogP contribution in [0.2, 0.25) is 5.02 Å². The topological polar surface area (TPSA) is 92.5 Å². The van der Waals surface area contributed by atoms with E-state index in [4.69, 9.17) is 11.6 Å². The van der Waals surface area contributed by atoms with Crippen LogP contribution in [-0.4, -0.2) is 15.9 Å². The molecule has 0 saturated carbocycles. The van der Waals surface area contributed by atoms with Gasteiger partial charge in [-0.1, -0.05) is 17.7 Å². The van der Waals surface area contributed by atoms with E-state index in [-0.39, 0.29) is 17.1 Å². The molecule has 0 aliphatic rings. The Balaban J connectivity index is 2.33. The van der Waals surface area contributed by atoms with Gasteiger partial charge in [0.05, 0.1) is 10.6 Å². The molecular weight excluding hydrogens is 296 g/mol. The van der Waals surface area contributed by atoms with Crippen LogP contribution in [0, 0.1) is 17.0 Å². The monoisotopic (exact) mass is 306 g/mol. The highest BCUT2D eigenvalue weighted by atomic mass is 35.5. The Morgan fingerprint density at radius 3 is 2.71 bits per heavy atom. The number of benzene rings is 2. The van der Waals surface area contributed by atoms with Gasteiger partial charge in [0.1, 0.15) is 5.75 Å². The molecule has 0 atom stereocenters. The quantitative estimate of drug-likeness (QED) is 0.515. The number of halogens is 1. The standard InChI is InChI=1S/C14H11ClN2O4/c1-8-10(3-2-4-11(8)15)14(19)16-12-7-9(17(20)21)5-6-13(12)18/h2-7,18H,1H3,(H,16,19). The van der Waals surface area contributed by atoms with Gasteiger partial charge >= 0.3 is 0 Å². The lowest BCUT2D eigenvalue weighted by Crippen LogP contribution is -2.13. The van der Waals surface area contributed by atoms with E-state index >= 15 is 0 Å². The molecule has 7 heteroatoms. The molecule has 0 aromatic heterocycles. The Morgan fingerprint density at radius 2 is 2.05 bits per heavy atom. The van der Waals surface area contributed by atoms with Gasteiger partial charge in [0, 0.05) is 22.7 Å². The van der Waals surface area contributed by atoms with E-state index in [9.17, 15) is 20.0 Å². The van der Waals surface area contributed by atoms with Gasteiger partial charge in [-0.3, -0.25) is 14.9 Å². The molecule has 0 aliphatic carbocycles. The average Bonchev–Trinajstić information content (AvgIpc) is 2.43. The van der Waals surface area contributed by atoms with E-state index in [1.54, 1.807) is 25.1 Å². The van der Waals surface area contributed by atoms with E-state index in [1.165, 1.54) is 0 Å². The highest BCUT2D eigenvalue weighted by Gasteiger charge is 2.15. The normalized spacial score (nSPS) is 10.2. The number of non-ortho nitro benzene ring substituents is 1. The molecule has 0 radical (unpaired) electrons. The number of aromatic hydroxyl groups is 1. The second kappa shape index (κ2) is 5.80. The van der Waals surface area contributed by atoms with Crippen LogP contribution in [-0.2, 0) is 0 Å². The van der Waals surface area contributed by atoms with Crippen molar-refractivity contribution < 1.29 is 14.8 Å². The third-order valence-electron chi connectivity index (χ3n) is 2.95. The van der Waals surface area contributed by atoms with E-state index in [0.29, 0.717) is 16.1 Å². The zero-order valence-electron chi connectivity index (χ0n) is 11.0. The van der Waals surface area contributed by atoms with Crippen molar-refractivity contribution in [1.82, 2.24) is 0 Å². The van der Waals surface area contributed by atoms with Crippen LogP contribution < -0.4 is 5.32 Å². The largest absolute Gasteiger partial charge is 0.506 e. The summed E-state index contributed by atoms with van der Waals surface area (Å²) >= 11 is 5.94. The van der Waals surface area contributed by atoms with Crippen LogP contribution in [0.1, 0.15) is 15.9 Å². The average molecular weight is 307 g/mol. The Kier molecular flexibility index (Phi) is 4.09. The van der Waals surface area contributed by atoms with Gasteiger partial charge in [0.2, 0.25) is 0 Å². The summed E-state index contributed by atoms with van der Waals surface area (Å²) in [5.74, 6) is -0.764. The highest BCUT2D eigenvalue weighted by Crippen LogP contribution is 2.29. The first kappa shape index (κ1) is 14.8. The van der Waals surface area contributed by atoms with Crippen molar-refractivity contribution in [1.29, 1.82) is 0 Å². The summed E-state index contributed by atoms with van der Waals surface area (Å²) in [6.07, 6.45) is 0. The predicted molar refractivity (Wildman–Crippen MR) is 78.9 cm³/mol. The molecule has 0 aliphatic heterocycles. The first-order valence-electron chi connectivity index (χ1n) is 5.94. The Labute approximate surface area is 125 Å². The Bertz CT molecular complexity index is 731. The van der Waals surface area contributed by atoms with Crippen LogP contribution in [0.4, 0.5) is 11.4 Å². The van der Waals surface area contributed by atoms with Crippen molar-refractivity contribution in [2.75, 3.05) is 5.32 Å². The van der Waals surface area contributed by atoms with Gasteiger partial charge in [-0.15, -0.1) is 0 Å². The summed E-state index contributed by atoms with van der Waals surface area (Å²) in [4.78, 5) is 22.3. The summed E-state index contributed by atoms with van der Waals surface area (Å²) in [6, 6.07) is 8.24. The van der Waals surface area contributed by atoms with Crippen molar-refractivity contribution in [2.24, 2.45) is 0 Å². The fourth-order valence-corrected chi connectivity index (χ4v) is 1.96. The minimum absolute atomic E-state index is 0.0337. The Hall–Kier alpha value is -2.60. The molecule has 0 saturated heterocycles. The van der Waals surface area contributed by atoms with Gasteiger partial charge in [-0.05, 0) is 30.7 Å². The number of phenols is 1. The predicted octanol–water partition coefficient (Wildman–Crippen LogP) is 3.51. The molecule has 1 amide bonds. The van der Waals surface area contributed by atoms with E-state index in [2.05, 4.69) is 5.32 Å². The second-order valence-corrected chi connectivity index (χ2v) is 4.73. The van der Waals surface area contributed by atoms with E-state index < -0.39 is 10.8 Å². The molecular formula is C14H11ClN2O4. The van der Waals surface area contributed by atoms with Gasteiger partial charge < -0.3 is 10.4 Å². The van der Waals surface area contributed by atoms with E-state index in [1.807, 2.05) is 0 Å². The lowest BCUT2D eigenvalue weighted by atomic mass is 10.1. The Morgan fingerprint density at radius 1 is 1.33 bits per heavy atom. The number of nitro groups is 1. The zero-order chi connectivity index (χ0) is 15.6. The SMILES string of the molecule is Cc1c(Cl)cccc1C(=O)Nc1cc([N+](=O)[O-])ccc1O. The molecule has 0 bridgehead atoms. The number of phenolic OH excluding ortho intramolecular Hbond substituents is 1. The first-order chi connectivity index (χ1) is 9.90. The molecule has 0 unspecified atom stereocenters. The number of hydrogen-bond donors (Lipinski definition) is 2.